The number of aryl methyl sites for hydroxylation is 1. The Balaban J connectivity index is 2.23. The molecule has 0 radical (unpaired) electrons. The molecule has 1 heterocycles. The number of ether oxygens (including phenoxy) is 1. The maximum absolute atomic E-state index is 11.9. The molecule has 0 aliphatic carbocycles. The van der Waals surface area contributed by atoms with E-state index < -0.39 is 24.8 Å². The second kappa shape index (κ2) is 7.01. The fourth-order valence-corrected chi connectivity index (χ4v) is 1.91. The third kappa shape index (κ3) is 3.41. The summed E-state index contributed by atoms with van der Waals surface area (Å²) < 4.78 is 5.01. The summed E-state index contributed by atoms with van der Waals surface area (Å²) in [5.41, 5.74) is 7.15. The van der Waals surface area contributed by atoms with Gasteiger partial charge in [-0.1, -0.05) is 17.7 Å². The lowest BCUT2D eigenvalue weighted by Crippen LogP contribution is -2.36. The smallest absolute Gasteiger partial charge is 0.361 e. The monoisotopic (exact) mass is 306 g/mol. The Labute approximate surface area is 127 Å². The van der Waals surface area contributed by atoms with E-state index in [0.29, 0.717) is 5.69 Å². The molecule has 1 aliphatic heterocycles. The second-order valence-corrected chi connectivity index (χ2v) is 4.73. The number of hydrogen-bond acceptors (Lipinski definition) is 8. The molecule has 0 saturated carbocycles. The van der Waals surface area contributed by atoms with Crippen molar-refractivity contribution in [1.29, 1.82) is 0 Å². The molecule has 0 spiro atoms. The summed E-state index contributed by atoms with van der Waals surface area (Å²) in [6.07, 6.45) is -2.31. The van der Waals surface area contributed by atoms with E-state index in [2.05, 4.69) is 21.1 Å². The van der Waals surface area contributed by atoms with Gasteiger partial charge in [0.1, 0.15) is 11.8 Å². The van der Waals surface area contributed by atoms with Crippen LogP contribution in [0.4, 0.5) is 5.69 Å². The summed E-state index contributed by atoms with van der Waals surface area (Å²) in [5.74, 6) is -0.717. The zero-order valence-electron chi connectivity index (χ0n) is 12.3. The predicted octanol–water partition coefficient (Wildman–Crippen LogP) is -0.383. The number of nitrogens with one attached hydrogen (secondary N) is 2. The molecule has 1 aromatic carbocycles. The summed E-state index contributed by atoms with van der Waals surface area (Å²) >= 11 is 0. The van der Waals surface area contributed by atoms with E-state index in [-0.39, 0.29) is 11.4 Å². The zero-order valence-corrected chi connectivity index (χ0v) is 12.3. The molecule has 0 amide bonds. The summed E-state index contributed by atoms with van der Waals surface area (Å²) in [6, 6.07) is 7.43. The van der Waals surface area contributed by atoms with Crippen molar-refractivity contribution in [3.05, 3.63) is 29.8 Å². The van der Waals surface area contributed by atoms with Crippen LogP contribution in [-0.2, 0) is 9.53 Å². The average molecular weight is 306 g/mol. The second-order valence-electron chi connectivity index (χ2n) is 4.73. The molecule has 22 heavy (non-hydrogen) atoms. The third-order valence-corrected chi connectivity index (χ3v) is 3.06. The maximum atomic E-state index is 11.9. The highest BCUT2D eigenvalue weighted by atomic mass is 16.6. The minimum atomic E-state index is -1.26. The number of aliphatic hydroxyl groups excluding tert-OH is 2. The number of esters is 1. The van der Waals surface area contributed by atoms with Crippen molar-refractivity contribution in [1.82, 2.24) is 5.43 Å². The van der Waals surface area contributed by atoms with Crippen LogP contribution in [0.3, 0.4) is 0 Å². The van der Waals surface area contributed by atoms with Gasteiger partial charge in [-0.15, -0.1) is 0 Å². The van der Waals surface area contributed by atoms with Crippen molar-refractivity contribution >= 4 is 23.1 Å². The number of cyclic esters (lactones) is 1. The van der Waals surface area contributed by atoms with Crippen molar-refractivity contribution in [2.24, 2.45) is 10.2 Å². The lowest BCUT2D eigenvalue weighted by atomic mass is 10.1. The van der Waals surface area contributed by atoms with Crippen LogP contribution in [0.5, 0.6) is 0 Å². The number of nitrogens with zero attached hydrogens (tertiary/aromatic N) is 2. The van der Waals surface area contributed by atoms with Gasteiger partial charge in [0.05, 0.1) is 12.3 Å². The first-order valence-electron chi connectivity index (χ1n) is 6.71. The van der Waals surface area contributed by atoms with Gasteiger partial charge < -0.3 is 20.4 Å². The normalized spacial score (nSPS) is 22.7. The first-order chi connectivity index (χ1) is 10.6. The topological polar surface area (TPSA) is 116 Å². The molecule has 1 aliphatic rings. The molecule has 0 aromatic heterocycles. The molecule has 8 heteroatoms. The van der Waals surface area contributed by atoms with Gasteiger partial charge >= 0.3 is 5.97 Å². The van der Waals surface area contributed by atoms with Gasteiger partial charge in [-0.05, 0) is 19.1 Å². The van der Waals surface area contributed by atoms with Gasteiger partial charge in [0.25, 0.3) is 0 Å². The first kappa shape index (κ1) is 15.9. The van der Waals surface area contributed by atoms with Gasteiger partial charge in [0.2, 0.25) is 0 Å². The quantitative estimate of drug-likeness (QED) is 0.435. The van der Waals surface area contributed by atoms with Crippen LogP contribution in [-0.4, -0.2) is 53.5 Å². The number of aliphatic hydroxyl groups is 2. The Bertz CT molecular complexity index is 597. The van der Waals surface area contributed by atoms with Crippen LogP contribution < -0.4 is 10.9 Å². The van der Waals surface area contributed by atoms with Crippen LogP contribution >= 0.6 is 0 Å². The number of hydrogen-bond donors (Lipinski definition) is 4. The zero-order chi connectivity index (χ0) is 16.1. The van der Waals surface area contributed by atoms with E-state index in [0.717, 1.165) is 5.56 Å². The van der Waals surface area contributed by atoms with E-state index >= 15 is 0 Å². The Hall–Kier alpha value is -2.45. The molecule has 1 aromatic rings. The molecular formula is C14H18N4O4. The fraction of sp³-hybridized carbons (Fsp3) is 0.357. The van der Waals surface area contributed by atoms with Gasteiger partial charge in [0, 0.05) is 7.05 Å². The SMILES string of the molecule is CN/N=C1/C(=N/Nc2ccc(C)cc2)C(=O)OC1[C@@H](O)CO. The lowest BCUT2D eigenvalue weighted by Gasteiger charge is -2.14. The van der Waals surface area contributed by atoms with Crippen molar-refractivity contribution in [2.45, 2.75) is 19.1 Å². The largest absolute Gasteiger partial charge is 0.448 e. The Kier molecular flexibility index (Phi) is 5.08. The highest BCUT2D eigenvalue weighted by Gasteiger charge is 2.42. The molecule has 1 unspecified atom stereocenters. The number of carbonyl (C=O) groups is 1. The third-order valence-electron chi connectivity index (χ3n) is 3.06. The average Bonchev–Trinajstić information content (AvgIpc) is 2.83. The van der Waals surface area contributed by atoms with Crippen molar-refractivity contribution in [3.8, 4) is 0 Å². The standard InChI is InChI=1S/C14H18N4O4/c1-8-3-5-9(6-4-8)16-18-12-11(17-15-2)13(10(20)7-19)22-14(12)21/h3-6,10,13,15-16,19-20H,7H2,1-2H3/b17-11-,18-12-/t10-,13?/m0/s1. The number of benzene rings is 1. The minimum Gasteiger partial charge on any atom is -0.448 e. The maximum Gasteiger partial charge on any atom is 0.361 e. The lowest BCUT2D eigenvalue weighted by molar-refractivity contribution is -0.140. The molecule has 0 bridgehead atoms. The van der Waals surface area contributed by atoms with Gasteiger partial charge in [-0.25, -0.2) is 4.79 Å². The number of hydrazone groups is 2. The fourth-order valence-electron chi connectivity index (χ4n) is 1.91. The van der Waals surface area contributed by atoms with E-state index in [9.17, 15) is 9.90 Å². The van der Waals surface area contributed by atoms with Gasteiger partial charge in [-0.2, -0.15) is 10.2 Å². The number of carbonyl (C=O) groups excluding carboxylic acids is 1. The van der Waals surface area contributed by atoms with Crippen LogP contribution in [0.2, 0.25) is 0 Å². The van der Waals surface area contributed by atoms with Crippen LogP contribution in [0, 0.1) is 6.92 Å². The van der Waals surface area contributed by atoms with E-state index in [1.165, 1.54) is 0 Å². The van der Waals surface area contributed by atoms with Crippen molar-refractivity contribution in [2.75, 3.05) is 19.1 Å². The van der Waals surface area contributed by atoms with Gasteiger partial charge in [0.15, 0.2) is 11.8 Å². The number of rotatable bonds is 5. The Morgan fingerprint density at radius 2 is 2.00 bits per heavy atom. The highest BCUT2D eigenvalue weighted by Crippen LogP contribution is 2.15. The first-order valence-corrected chi connectivity index (χ1v) is 6.71. The summed E-state index contributed by atoms with van der Waals surface area (Å²) in [4.78, 5) is 11.9. The molecule has 1 fully saturated rings. The van der Waals surface area contributed by atoms with Crippen molar-refractivity contribution in [3.63, 3.8) is 0 Å². The summed E-state index contributed by atoms with van der Waals surface area (Å²) in [5, 5.41) is 26.6. The van der Waals surface area contributed by atoms with Crippen LogP contribution in [0.25, 0.3) is 0 Å². The van der Waals surface area contributed by atoms with Crippen LogP contribution in [0.15, 0.2) is 34.5 Å². The van der Waals surface area contributed by atoms with Gasteiger partial charge in [-0.3, -0.25) is 5.43 Å². The Morgan fingerprint density at radius 1 is 1.32 bits per heavy atom. The van der Waals surface area contributed by atoms with E-state index in [4.69, 9.17) is 9.84 Å². The molecule has 8 nitrogen and oxygen atoms in total. The summed E-state index contributed by atoms with van der Waals surface area (Å²) in [7, 11) is 1.54. The Morgan fingerprint density at radius 3 is 2.59 bits per heavy atom. The molecular weight excluding hydrogens is 288 g/mol. The van der Waals surface area contributed by atoms with Crippen molar-refractivity contribution < 1.29 is 19.7 Å². The highest BCUT2D eigenvalue weighted by molar-refractivity contribution is 6.69. The molecule has 2 rings (SSSR count). The summed E-state index contributed by atoms with van der Waals surface area (Å²) in [6.45, 7) is 1.40. The molecule has 2 atom stereocenters. The van der Waals surface area contributed by atoms with E-state index in [1.54, 1.807) is 7.05 Å². The number of anilines is 1. The molecule has 1 saturated heterocycles. The molecule has 4 N–H and O–H groups in total. The van der Waals surface area contributed by atoms with Crippen LogP contribution in [0.1, 0.15) is 5.56 Å². The minimum absolute atomic E-state index is 0.0487. The van der Waals surface area contributed by atoms with E-state index in [1.807, 2.05) is 31.2 Å². The molecule has 118 valence electrons. The predicted molar refractivity (Wildman–Crippen MR) is 81.7 cm³/mol.